The number of aliphatic carboxylic acids is 1. The molecule has 1 aliphatic heterocycles. The summed E-state index contributed by atoms with van der Waals surface area (Å²) in [5, 5.41) is 41.8. The van der Waals surface area contributed by atoms with Gasteiger partial charge in [-0.1, -0.05) is 17.7 Å². The smallest absolute Gasteiger partial charge is 0.547 e. The second-order valence-corrected chi connectivity index (χ2v) is 8.57. The van der Waals surface area contributed by atoms with Crippen LogP contribution < -0.4 is 48.9 Å². The van der Waals surface area contributed by atoms with Gasteiger partial charge < -0.3 is 44.2 Å². The van der Waals surface area contributed by atoms with Gasteiger partial charge in [-0.3, -0.25) is 4.98 Å². The molecule has 0 saturated carbocycles. The van der Waals surface area contributed by atoms with Gasteiger partial charge in [0.15, 0.2) is 5.75 Å². The summed E-state index contributed by atoms with van der Waals surface area (Å²) in [6.07, 6.45) is -3.34. The van der Waals surface area contributed by atoms with Crippen molar-refractivity contribution < 1.29 is 73.7 Å². The number of pyridine rings is 2. The van der Waals surface area contributed by atoms with Crippen LogP contribution in [0.4, 0.5) is 0 Å². The summed E-state index contributed by atoms with van der Waals surface area (Å²) in [6.45, 7) is 0.291. The standard InChI is InChI=1S/C25H25ClN2O9.Na/c26-15-5-1-6-16(12-15)35-23-17(7-2-9-28-23)34-11-3-4-14-8-10-27-13-18(14)36-25-21(31)19(29)20(30)22(37-25)24(32)33;/h1-2,5-10,12-13,19-22,25,29-31H,3-4,11H2,(H,32,33);/q;+1/p-1/t19-,20-,21+,22-,25+;/m0./s1. The fraction of sp³-hybridized carbons (Fsp3) is 0.320. The first-order valence-electron chi connectivity index (χ1n) is 11.3. The maximum absolute atomic E-state index is 11.2. The minimum Gasteiger partial charge on any atom is -0.547 e. The largest absolute Gasteiger partial charge is 1.00 e. The number of aromatic nitrogens is 2. The third-order valence-corrected chi connectivity index (χ3v) is 5.75. The predicted molar refractivity (Wildman–Crippen MR) is 126 cm³/mol. The Morgan fingerprint density at radius 3 is 2.63 bits per heavy atom. The number of carboxylic acid groups (broad SMARTS) is 1. The minimum absolute atomic E-state index is 0. The number of halogens is 1. The van der Waals surface area contributed by atoms with Gasteiger partial charge in [0.2, 0.25) is 6.29 Å². The first-order chi connectivity index (χ1) is 17.8. The Morgan fingerprint density at radius 1 is 1.05 bits per heavy atom. The maximum Gasteiger partial charge on any atom is 1.00 e. The summed E-state index contributed by atoms with van der Waals surface area (Å²) >= 11 is 6.01. The van der Waals surface area contributed by atoms with Crippen LogP contribution in [0.2, 0.25) is 5.02 Å². The van der Waals surface area contributed by atoms with Crippen molar-refractivity contribution in [1.82, 2.24) is 9.97 Å². The van der Waals surface area contributed by atoms with Crippen molar-refractivity contribution in [1.29, 1.82) is 0 Å². The van der Waals surface area contributed by atoms with Crippen LogP contribution in [0.5, 0.6) is 23.1 Å². The van der Waals surface area contributed by atoms with Crippen molar-refractivity contribution in [2.24, 2.45) is 0 Å². The van der Waals surface area contributed by atoms with Gasteiger partial charge in [-0.05, 0) is 54.8 Å². The number of aliphatic hydroxyl groups excluding tert-OH is 3. The van der Waals surface area contributed by atoms with Gasteiger partial charge in [0.25, 0.3) is 5.88 Å². The number of hydrogen-bond donors (Lipinski definition) is 3. The Hall–Kier alpha value is -2.48. The van der Waals surface area contributed by atoms with E-state index in [1.165, 1.54) is 6.20 Å². The minimum atomic E-state index is -1.88. The van der Waals surface area contributed by atoms with E-state index in [4.69, 9.17) is 30.5 Å². The molecule has 196 valence electrons. The third-order valence-electron chi connectivity index (χ3n) is 5.51. The van der Waals surface area contributed by atoms with Gasteiger partial charge in [-0.25, -0.2) is 4.98 Å². The monoisotopic (exact) mass is 554 g/mol. The Balaban J connectivity index is 0.00000400. The molecule has 1 saturated heterocycles. The fourth-order valence-corrected chi connectivity index (χ4v) is 3.82. The molecule has 38 heavy (non-hydrogen) atoms. The summed E-state index contributed by atoms with van der Waals surface area (Å²) < 4.78 is 22.4. The number of aryl methyl sites for hydroxylation is 1. The number of carbonyl (C=O) groups excluding carboxylic acids is 1. The number of nitrogens with zero attached hydrogens (tertiary/aromatic N) is 2. The van der Waals surface area contributed by atoms with Gasteiger partial charge in [0, 0.05) is 17.4 Å². The summed E-state index contributed by atoms with van der Waals surface area (Å²) in [5.74, 6) is -0.304. The quantitative estimate of drug-likeness (QED) is 0.185. The first-order valence-corrected chi connectivity index (χ1v) is 11.7. The summed E-state index contributed by atoms with van der Waals surface area (Å²) in [5.41, 5.74) is 0.668. The molecular formula is C25H24ClN2NaO9. The zero-order valence-corrected chi connectivity index (χ0v) is 23.1. The molecule has 3 aromatic rings. The van der Waals surface area contributed by atoms with Gasteiger partial charge in [0.05, 0.1) is 18.8 Å². The molecular weight excluding hydrogens is 531 g/mol. The molecule has 0 amide bonds. The molecule has 0 radical (unpaired) electrons. The Kier molecular flexibility index (Phi) is 11.1. The van der Waals surface area contributed by atoms with Crippen LogP contribution >= 0.6 is 11.6 Å². The van der Waals surface area contributed by atoms with Crippen LogP contribution in [0.1, 0.15) is 12.0 Å². The number of carboxylic acids is 1. The molecule has 0 unspecified atom stereocenters. The molecule has 0 spiro atoms. The summed E-state index contributed by atoms with van der Waals surface area (Å²) in [6, 6.07) is 12.0. The average molecular weight is 555 g/mol. The van der Waals surface area contributed by atoms with E-state index in [9.17, 15) is 25.2 Å². The second-order valence-electron chi connectivity index (χ2n) is 8.14. The van der Waals surface area contributed by atoms with E-state index in [2.05, 4.69) is 9.97 Å². The molecule has 1 fully saturated rings. The van der Waals surface area contributed by atoms with Crippen LogP contribution in [0.25, 0.3) is 0 Å². The SMILES string of the molecule is O=C([O-])[C@H]1O[C@@H](Oc2cnccc2CCCOc2cccnc2Oc2cccc(Cl)c2)[C@H](O)[C@@H](O)[C@@H]1O.[Na+]. The number of carbonyl (C=O) groups is 1. The van der Waals surface area contributed by atoms with Crippen LogP contribution in [0, 0.1) is 0 Å². The average Bonchev–Trinajstić information content (AvgIpc) is 2.88. The number of aliphatic hydroxyl groups is 3. The zero-order valence-electron chi connectivity index (χ0n) is 20.3. The van der Waals surface area contributed by atoms with E-state index in [-0.39, 0.29) is 41.2 Å². The van der Waals surface area contributed by atoms with Crippen molar-refractivity contribution >= 4 is 17.6 Å². The molecule has 3 N–H and O–H groups in total. The number of benzene rings is 1. The number of ether oxygens (including phenoxy) is 4. The zero-order chi connectivity index (χ0) is 26.4. The van der Waals surface area contributed by atoms with Crippen LogP contribution in [-0.4, -0.2) is 68.6 Å². The summed E-state index contributed by atoms with van der Waals surface area (Å²) in [7, 11) is 0. The molecule has 3 heterocycles. The Bertz CT molecular complexity index is 1220. The van der Waals surface area contributed by atoms with Crippen molar-refractivity contribution in [3.63, 3.8) is 0 Å². The van der Waals surface area contributed by atoms with Gasteiger partial charge in [-0.15, -0.1) is 0 Å². The molecule has 4 rings (SSSR count). The maximum atomic E-state index is 11.2. The van der Waals surface area contributed by atoms with Crippen molar-refractivity contribution in [2.45, 2.75) is 43.5 Å². The predicted octanol–water partition coefficient (Wildman–Crippen LogP) is -2.13. The Labute approximate surface area is 245 Å². The van der Waals surface area contributed by atoms with Gasteiger partial charge in [0.1, 0.15) is 35.9 Å². The van der Waals surface area contributed by atoms with Gasteiger partial charge >= 0.3 is 29.6 Å². The van der Waals surface area contributed by atoms with E-state index in [1.807, 2.05) is 0 Å². The second kappa shape index (κ2) is 14.1. The van der Waals surface area contributed by atoms with Crippen LogP contribution in [-0.2, 0) is 16.0 Å². The molecule has 5 atom stereocenters. The third kappa shape index (κ3) is 7.55. The molecule has 0 bridgehead atoms. The van der Waals surface area contributed by atoms with E-state index in [0.717, 1.165) is 0 Å². The molecule has 1 aromatic carbocycles. The van der Waals surface area contributed by atoms with E-state index >= 15 is 0 Å². The molecule has 0 aliphatic carbocycles. The van der Waals surface area contributed by atoms with E-state index < -0.39 is 36.7 Å². The van der Waals surface area contributed by atoms with E-state index in [0.29, 0.717) is 41.5 Å². The normalized spacial score (nSPS) is 22.7. The summed E-state index contributed by atoms with van der Waals surface area (Å²) in [4.78, 5) is 19.4. The molecule has 1 aliphatic rings. The molecule has 13 heteroatoms. The molecule has 11 nitrogen and oxygen atoms in total. The van der Waals surface area contributed by atoms with Crippen molar-refractivity contribution in [3.05, 3.63) is 71.6 Å². The Morgan fingerprint density at radius 2 is 1.87 bits per heavy atom. The van der Waals surface area contributed by atoms with Crippen LogP contribution in [0.3, 0.4) is 0 Å². The van der Waals surface area contributed by atoms with Crippen molar-refractivity contribution in [3.8, 4) is 23.1 Å². The topological polar surface area (TPSA) is 164 Å². The van der Waals surface area contributed by atoms with E-state index in [1.54, 1.807) is 54.9 Å². The van der Waals surface area contributed by atoms with Crippen molar-refractivity contribution in [2.75, 3.05) is 6.61 Å². The number of rotatable bonds is 10. The fourth-order valence-electron chi connectivity index (χ4n) is 3.64. The van der Waals surface area contributed by atoms with Crippen LogP contribution in [0.15, 0.2) is 61.1 Å². The number of hydrogen-bond acceptors (Lipinski definition) is 11. The first kappa shape index (κ1) is 30.1. The molecule has 2 aromatic heterocycles. The van der Waals surface area contributed by atoms with Gasteiger partial charge in [-0.2, -0.15) is 0 Å².